The van der Waals surface area contributed by atoms with Crippen molar-refractivity contribution in [2.24, 2.45) is 0 Å². The van der Waals surface area contributed by atoms with Crippen LogP contribution in [0.1, 0.15) is 26.4 Å². The van der Waals surface area contributed by atoms with Gasteiger partial charge in [-0.2, -0.15) is 0 Å². The van der Waals surface area contributed by atoms with E-state index in [0.29, 0.717) is 22.5 Å². The van der Waals surface area contributed by atoms with Crippen LogP contribution >= 0.6 is 0 Å². The second-order valence-corrected chi connectivity index (χ2v) is 6.01. The van der Waals surface area contributed by atoms with E-state index in [1.807, 2.05) is 0 Å². The Morgan fingerprint density at radius 2 is 1.89 bits per heavy atom. The predicted molar refractivity (Wildman–Crippen MR) is 95.8 cm³/mol. The summed E-state index contributed by atoms with van der Waals surface area (Å²) in [4.78, 5) is 24.6. The molecule has 0 spiro atoms. The fourth-order valence-electron chi connectivity index (χ4n) is 2.84. The Labute approximate surface area is 159 Å². The summed E-state index contributed by atoms with van der Waals surface area (Å²) >= 11 is 0. The smallest absolute Gasteiger partial charge is 0.228 e. The number of hydrogen-bond donors (Lipinski definition) is 0. The number of benzene rings is 2. The Morgan fingerprint density at radius 3 is 2.64 bits per heavy atom. The van der Waals surface area contributed by atoms with E-state index in [2.05, 4.69) is 10.3 Å². The van der Waals surface area contributed by atoms with E-state index < -0.39 is 5.82 Å². The number of aromatic nitrogens is 3. The molecule has 1 aromatic heterocycles. The topological polar surface area (TPSA) is 83.3 Å². The van der Waals surface area contributed by atoms with Gasteiger partial charge in [-0.15, -0.1) is 5.10 Å². The van der Waals surface area contributed by atoms with Crippen LogP contribution in [-0.4, -0.2) is 33.7 Å². The maximum Gasteiger partial charge on any atom is 0.228 e. The number of fused-ring (bicyclic) bond motifs is 1. The van der Waals surface area contributed by atoms with Crippen LogP contribution in [0.3, 0.4) is 0 Å². The number of hydrogen-bond acceptors (Lipinski definition) is 6. The number of allylic oxidation sites excluding steroid dienone is 2. The van der Waals surface area contributed by atoms with Crippen LogP contribution < -0.4 is 4.74 Å². The molecular formula is C20H14FN3O4. The molecule has 0 radical (unpaired) electrons. The number of ether oxygens (including phenoxy) is 2. The highest BCUT2D eigenvalue weighted by atomic mass is 19.1. The van der Waals surface area contributed by atoms with Gasteiger partial charge in [-0.3, -0.25) is 9.59 Å². The first-order chi connectivity index (χ1) is 13.6. The van der Waals surface area contributed by atoms with E-state index in [-0.39, 0.29) is 29.7 Å². The molecule has 0 amide bonds. The van der Waals surface area contributed by atoms with E-state index in [9.17, 15) is 14.0 Å². The highest BCUT2D eigenvalue weighted by molar-refractivity contribution is 6.23. The van der Waals surface area contributed by atoms with Crippen LogP contribution in [0.15, 0.2) is 60.5 Å². The number of halogens is 1. The van der Waals surface area contributed by atoms with E-state index in [1.54, 1.807) is 36.5 Å². The monoisotopic (exact) mass is 379 g/mol. The molecule has 0 atom stereocenters. The van der Waals surface area contributed by atoms with Crippen molar-refractivity contribution in [1.82, 2.24) is 15.0 Å². The van der Waals surface area contributed by atoms with Crippen molar-refractivity contribution in [2.75, 3.05) is 7.11 Å². The molecule has 0 saturated carbocycles. The fourth-order valence-corrected chi connectivity index (χ4v) is 2.84. The average molecular weight is 379 g/mol. The van der Waals surface area contributed by atoms with Gasteiger partial charge in [0.2, 0.25) is 5.78 Å². The zero-order valence-electron chi connectivity index (χ0n) is 14.8. The van der Waals surface area contributed by atoms with E-state index in [4.69, 9.17) is 9.47 Å². The number of carbonyl (C=O) groups is 2. The molecule has 3 aromatic rings. The van der Waals surface area contributed by atoms with Crippen molar-refractivity contribution in [2.45, 2.75) is 6.61 Å². The molecule has 8 heteroatoms. The maximum atomic E-state index is 13.8. The third kappa shape index (κ3) is 3.16. The molecule has 4 rings (SSSR count). The first-order valence-corrected chi connectivity index (χ1v) is 8.34. The normalized spacial score (nSPS) is 13.1. The molecule has 140 valence electrons. The van der Waals surface area contributed by atoms with Gasteiger partial charge in [-0.1, -0.05) is 29.5 Å². The van der Waals surface area contributed by atoms with Crippen molar-refractivity contribution in [1.29, 1.82) is 0 Å². The molecule has 0 saturated heterocycles. The SMILES string of the molecule is COc1ccc(-n2cc(COC3=CC(=O)c4ccccc4C3=O)nn2)cc1F. The minimum absolute atomic E-state index is 0.0475. The lowest BCUT2D eigenvalue weighted by atomic mass is 9.94. The summed E-state index contributed by atoms with van der Waals surface area (Å²) in [5, 5.41) is 7.87. The Kier molecular flexibility index (Phi) is 4.44. The fraction of sp³-hybridized carbons (Fsp3) is 0.100. The van der Waals surface area contributed by atoms with Crippen LogP contribution in [0.4, 0.5) is 4.39 Å². The van der Waals surface area contributed by atoms with Gasteiger partial charge in [0, 0.05) is 23.3 Å². The Bertz CT molecular complexity index is 1120. The molecule has 0 fully saturated rings. The second-order valence-electron chi connectivity index (χ2n) is 6.01. The molecule has 1 aliphatic rings. The van der Waals surface area contributed by atoms with Gasteiger partial charge in [0.1, 0.15) is 12.3 Å². The summed E-state index contributed by atoms with van der Waals surface area (Å²) in [6.07, 6.45) is 2.72. The largest absolute Gasteiger partial charge is 0.494 e. The second kappa shape index (κ2) is 7.07. The molecular weight excluding hydrogens is 365 g/mol. The van der Waals surface area contributed by atoms with Crippen LogP contribution in [0.25, 0.3) is 5.69 Å². The highest BCUT2D eigenvalue weighted by Gasteiger charge is 2.26. The van der Waals surface area contributed by atoms with E-state index in [1.165, 1.54) is 30.0 Å². The third-order valence-electron chi connectivity index (χ3n) is 4.24. The molecule has 1 heterocycles. The summed E-state index contributed by atoms with van der Waals surface area (Å²) in [7, 11) is 1.38. The van der Waals surface area contributed by atoms with Gasteiger partial charge in [0.25, 0.3) is 0 Å². The van der Waals surface area contributed by atoms with Crippen molar-refractivity contribution in [3.8, 4) is 11.4 Å². The number of rotatable bonds is 5. The lowest BCUT2D eigenvalue weighted by Crippen LogP contribution is -2.18. The molecule has 0 aliphatic heterocycles. The number of carbonyl (C=O) groups excluding carboxylic acids is 2. The first-order valence-electron chi connectivity index (χ1n) is 8.34. The molecule has 0 unspecified atom stereocenters. The van der Waals surface area contributed by atoms with Crippen molar-refractivity contribution >= 4 is 11.6 Å². The van der Waals surface area contributed by atoms with Crippen molar-refractivity contribution in [3.63, 3.8) is 0 Å². The summed E-state index contributed by atoms with van der Waals surface area (Å²) in [6, 6.07) is 10.9. The van der Waals surface area contributed by atoms with Crippen LogP contribution in [0, 0.1) is 5.82 Å². The van der Waals surface area contributed by atoms with Gasteiger partial charge in [0.05, 0.1) is 19.0 Å². The summed E-state index contributed by atoms with van der Waals surface area (Å²) in [5.41, 5.74) is 1.53. The molecule has 1 aliphatic carbocycles. The van der Waals surface area contributed by atoms with Crippen molar-refractivity contribution in [3.05, 3.63) is 83.1 Å². The number of Topliss-reactive ketones (excluding diaryl/α,β-unsaturated/α-hetero) is 1. The maximum absolute atomic E-state index is 13.8. The van der Waals surface area contributed by atoms with Crippen LogP contribution in [-0.2, 0) is 11.3 Å². The molecule has 28 heavy (non-hydrogen) atoms. The molecule has 0 bridgehead atoms. The summed E-state index contributed by atoms with van der Waals surface area (Å²) in [5.74, 6) is -1.10. The minimum Gasteiger partial charge on any atom is -0.494 e. The predicted octanol–water partition coefficient (Wildman–Crippen LogP) is 2.89. The zero-order valence-corrected chi connectivity index (χ0v) is 14.8. The van der Waals surface area contributed by atoms with Gasteiger partial charge >= 0.3 is 0 Å². The van der Waals surface area contributed by atoms with Crippen LogP contribution in [0.5, 0.6) is 5.75 Å². The van der Waals surface area contributed by atoms with Crippen LogP contribution in [0.2, 0.25) is 0 Å². The van der Waals surface area contributed by atoms with Gasteiger partial charge in [-0.05, 0) is 12.1 Å². The Hall–Kier alpha value is -3.81. The highest BCUT2D eigenvalue weighted by Crippen LogP contribution is 2.23. The lowest BCUT2D eigenvalue weighted by molar-refractivity contribution is 0.0867. The van der Waals surface area contributed by atoms with E-state index >= 15 is 0 Å². The number of methoxy groups -OCH3 is 1. The number of ketones is 2. The standard InChI is InChI=1S/C20H14FN3O4/c1-27-18-7-6-13(8-16(18)21)24-10-12(22-23-24)11-28-19-9-17(25)14-4-2-3-5-15(14)20(19)26/h2-10H,11H2,1H3. The van der Waals surface area contributed by atoms with Gasteiger partial charge < -0.3 is 9.47 Å². The first kappa shape index (κ1) is 17.6. The minimum atomic E-state index is -0.525. The van der Waals surface area contributed by atoms with Gasteiger partial charge in [-0.25, -0.2) is 9.07 Å². The summed E-state index contributed by atoms with van der Waals surface area (Å²) < 4.78 is 25.6. The lowest BCUT2D eigenvalue weighted by Gasteiger charge is -2.14. The molecule has 7 nitrogen and oxygen atoms in total. The Morgan fingerprint density at radius 1 is 1.11 bits per heavy atom. The zero-order chi connectivity index (χ0) is 19.7. The quantitative estimate of drug-likeness (QED) is 0.678. The molecule has 2 aromatic carbocycles. The van der Waals surface area contributed by atoms with Crippen molar-refractivity contribution < 1.29 is 23.5 Å². The molecule has 0 N–H and O–H groups in total. The Balaban J connectivity index is 1.49. The van der Waals surface area contributed by atoms with E-state index in [0.717, 1.165) is 0 Å². The number of nitrogens with zero attached hydrogens (tertiary/aromatic N) is 3. The van der Waals surface area contributed by atoms with Gasteiger partial charge in [0.15, 0.2) is 23.1 Å². The third-order valence-corrected chi connectivity index (χ3v) is 4.24. The summed E-state index contributed by atoms with van der Waals surface area (Å²) in [6.45, 7) is -0.0638. The average Bonchev–Trinajstić information content (AvgIpc) is 3.18.